The molecule has 0 aliphatic rings. The van der Waals surface area contributed by atoms with E-state index in [0.29, 0.717) is 15.7 Å². The van der Waals surface area contributed by atoms with Crippen LogP contribution in [-0.2, 0) is 0 Å². The third kappa shape index (κ3) is 2.43. The summed E-state index contributed by atoms with van der Waals surface area (Å²) in [6.45, 7) is 0. The Labute approximate surface area is 116 Å². The lowest BCUT2D eigenvalue weighted by Gasteiger charge is -2.07. The van der Waals surface area contributed by atoms with Gasteiger partial charge in [0.1, 0.15) is 5.02 Å². The Morgan fingerprint density at radius 1 is 1.06 bits per heavy atom. The van der Waals surface area contributed by atoms with Crippen LogP contribution < -0.4 is 5.56 Å². The lowest BCUT2D eigenvalue weighted by molar-refractivity contribution is 0.807. The highest BCUT2D eigenvalue weighted by Crippen LogP contribution is 2.24. The topological polar surface area (TPSA) is 34.9 Å². The lowest BCUT2D eigenvalue weighted by Crippen LogP contribution is -2.21. The molecule has 1 aromatic heterocycles. The molecule has 17 heavy (non-hydrogen) atoms. The second-order valence-corrected chi connectivity index (χ2v) is 4.75. The summed E-state index contributed by atoms with van der Waals surface area (Å²) in [5, 5.41) is 4.61. The maximum absolute atomic E-state index is 11.8. The molecule has 0 spiro atoms. The number of benzene rings is 1. The first-order chi connectivity index (χ1) is 8.00. The molecule has 0 aliphatic heterocycles. The predicted octanol–water partition coefficient (Wildman–Crippen LogP) is 3.85. The van der Waals surface area contributed by atoms with Crippen LogP contribution in [0.3, 0.4) is 0 Å². The van der Waals surface area contributed by atoms with Crippen molar-refractivity contribution in [2.45, 2.75) is 0 Å². The van der Waals surface area contributed by atoms with Gasteiger partial charge in [-0.2, -0.15) is 9.78 Å². The van der Waals surface area contributed by atoms with Gasteiger partial charge in [0.15, 0.2) is 0 Å². The van der Waals surface area contributed by atoms with E-state index in [9.17, 15) is 4.79 Å². The van der Waals surface area contributed by atoms with Gasteiger partial charge < -0.3 is 0 Å². The second kappa shape index (κ2) is 4.86. The van der Waals surface area contributed by atoms with Crippen molar-refractivity contribution in [2.24, 2.45) is 0 Å². The minimum atomic E-state index is -0.539. The maximum atomic E-state index is 11.8. The molecule has 0 aliphatic carbocycles. The zero-order chi connectivity index (χ0) is 12.6. The van der Waals surface area contributed by atoms with Gasteiger partial charge in [0, 0.05) is 5.02 Å². The summed E-state index contributed by atoms with van der Waals surface area (Å²) < 4.78 is 1.06. The van der Waals surface area contributed by atoms with Crippen LogP contribution in [0.1, 0.15) is 0 Å². The third-order valence-electron chi connectivity index (χ3n) is 2.01. The molecule has 3 nitrogen and oxygen atoms in total. The van der Waals surface area contributed by atoms with Gasteiger partial charge in [-0.25, -0.2) is 0 Å². The average Bonchev–Trinajstić information content (AvgIpc) is 2.28. The first-order valence-corrected chi connectivity index (χ1v) is 5.90. The van der Waals surface area contributed by atoms with Crippen molar-refractivity contribution < 1.29 is 0 Å². The minimum absolute atomic E-state index is 0.0954. The van der Waals surface area contributed by atoms with Crippen molar-refractivity contribution in [1.29, 1.82) is 0 Å². The zero-order valence-electron chi connectivity index (χ0n) is 8.12. The van der Waals surface area contributed by atoms with Crippen LogP contribution in [0.25, 0.3) is 5.69 Å². The molecule has 2 aromatic rings. The summed E-state index contributed by atoms with van der Waals surface area (Å²) in [7, 11) is 0. The summed E-state index contributed by atoms with van der Waals surface area (Å²) in [4.78, 5) is 11.8. The largest absolute Gasteiger partial charge is 0.291 e. The summed E-state index contributed by atoms with van der Waals surface area (Å²) in [5.74, 6) is 0. The van der Waals surface area contributed by atoms with E-state index in [1.807, 2.05) is 0 Å². The Morgan fingerprint density at radius 2 is 1.76 bits per heavy atom. The van der Waals surface area contributed by atoms with Crippen molar-refractivity contribution in [3.63, 3.8) is 0 Å². The Bertz CT molecular complexity index is 639. The molecule has 7 heteroatoms. The smallest absolute Gasteiger partial charge is 0.266 e. The predicted molar refractivity (Wildman–Crippen MR) is 69.9 cm³/mol. The van der Waals surface area contributed by atoms with E-state index >= 15 is 0 Å². The van der Waals surface area contributed by atoms with Gasteiger partial charge in [0.2, 0.25) is 0 Å². The number of aromatic nitrogens is 2. The fourth-order valence-electron chi connectivity index (χ4n) is 1.24. The molecule has 0 saturated carbocycles. The molecule has 0 saturated heterocycles. The highest BCUT2D eigenvalue weighted by atomic mass is 35.5. The SMILES string of the molecule is O=c1c(Cl)c(Cl)cnn1-c1ccc(Cl)cc1Cl. The van der Waals surface area contributed by atoms with Gasteiger partial charge in [-0.3, -0.25) is 4.79 Å². The van der Waals surface area contributed by atoms with E-state index in [2.05, 4.69) is 5.10 Å². The van der Waals surface area contributed by atoms with E-state index in [4.69, 9.17) is 46.4 Å². The average molecular weight is 310 g/mol. The van der Waals surface area contributed by atoms with E-state index < -0.39 is 5.56 Å². The van der Waals surface area contributed by atoms with E-state index in [1.54, 1.807) is 12.1 Å². The van der Waals surface area contributed by atoms with Gasteiger partial charge >= 0.3 is 0 Å². The van der Waals surface area contributed by atoms with Gasteiger partial charge in [0.05, 0.1) is 21.9 Å². The van der Waals surface area contributed by atoms with Crippen LogP contribution in [0, 0.1) is 0 Å². The molecule has 1 heterocycles. The zero-order valence-corrected chi connectivity index (χ0v) is 11.1. The molecule has 88 valence electrons. The fourth-order valence-corrected chi connectivity index (χ4v) is 1.98. The molecule has 0 amide bonds. The first-order valence-electron chi connectivity index (χ1n) is 4.39. The molecule has 0 bridgehead atoms. The van der Waals surface area contributed by atoms with E-state index in [0.717, 1.165) is 4.68 Å². The van der Waals surface area contributed by atoms with E-state index in [-0.39, 0.29) is 10.0 Å². The van der Waals surface area contributed by atoms with Gasteiger partial charge in [-0.1, -0.05) is 46.4 Å². The normalized spacial score (nSPS) is 10.6. The Balaban J connectivity index is 2.70. The number of nitrogens with zero attached hydrogens (tertiary/aromatic N) is 2. The highest BCUT2D eigenvalue weighted by molar-refractivity contribution is 6.41. The Kier molecular flexibility index (Phi) is 3.64. The number of rotatable bonds is 1. The Morgan fingerprint density at radius 3 is 2.41 bits per heavy atom. The van der Waals surface area contributed by atoms with Crippen LogP contribution in [0.5, 0.6) is 0 Å². The number of hydrogen-bond acceptors (Lipinski definition) is 2. The molecule has 0 N–H and O–H groups in total. The van der Waals surface area contributed by atoms with Crippen LogP contribution >= 0.6 is 46.4 Å². The van der Waals surface area contributed by atoms with Crippen molar-refractivity contribution in [2.75, 3.05) is 0 Å². The molecule has 0 unspecified atom stereocenters. The summed E-state index contributed by atoms with van der Waals surface area (Å²) in [6.07, 6.45) is 1.27. The highest BCUT2D eigenvalue weighted by Gasteiger charge is 2.11. The van der Waals surface area contributed by atoms with Crippen LogP contribution in [0.4, 0.5) is 0 Å². The Hall–Kier alpha value is -0.740. The third-order valence-corrected chi connectivity index (χ3v) is 3.30. The molecule has 0 fully saturated rings. The van der Waals surface area contributed by atoms with E-state index in [1.165, 1.54) is 12.3 Å². The van der Waals surface area contributed by atoms with Crippen LogP contribution in [0.2, 0.25) is 20.1 Å². The van der Waals surface area contributed by atoms with Crippen LogP contribution in [-0.4, -0.2) is 9.78 Å². The first kappa shape index (κ1) is 12.7. The number of halogens is 4. The molecular weight excluding hydrogens is 306 g/mol. The molecule has 2 rings (SSSR count). The lowest BCUT2D eigenvalue weighted by atomic mass is 10.3. The fraction of sp³-hybridized carbons (Fsp3) is 0. The molecular formula is C10H4Cl4N2O. The summed E-state index contributed by atoms with van der Waals surface area (Å²) >= 11 is 23.1. The van der Waals surface area contributed by atoms with Gasteiger partial charge in [0.25, 0.3) is 5.56 Å². The van der Waals surface area contributed by atoms with Gasteiger partial charge in [-0.05, 0) is 18.2 Å². The number of hydrogen-bond donors (Lipinski definition) is 0. The monoisotopic (exact) mass is 308 g/mol. The summed E-state index contributed by atoms with van der Waals surface area (Å²) in [6, 6.07) is 4.68. The molecule has 1 aromatic carbocycles. The van der Waals surface area contributed by atoms with Crippen molar-refractivity contribution >= 4 is 46.4 Å². The van der Waals surface area contributed by atoms with Crippen LogP contribution in [0.15, 0.2) is 29.2 Å². The maximum Gasteiger partial charge on any atom is 0.291 e. The second-order valence-electron chi connectivity index (χ2n) is 3.12. The quantitative estimate of drug-likeness (QED) is 0.802. The summed E-state index contributed by atoms with van der Waals surface area (Å²) in [5.41, 5.74) is -0.150. The molecule has 0 atom stereocenters. The molecule has 0 radical (unpaired) electrons. The van der Waals surface area contributed by atoms with Crippen molar-refractivity contribution in [1.82, 2.24) is 9.78 Å². The van der Waals surface area contributed by atoms with Gasteiger partial charge in [-0.15, -0.1) is 0 Å². The minimum Gasteiger partial charge on any atom is -0.266 e. The van der Waals surface area contributed by atoms with Crippen molar-refractivity contribution in [3.8, 4) is 5.69 Å². The van der Waals surface area contributed by atoms with Crippen molar-refractivity contribution in [3.05, 3.63) is 54.8 Å². The standard InChI is InChI=1S/C10H4Cl4N2O/c11-5-1-2-8(6(12)3-5)16-10(17)9(14)7(13)4-15-16/h1-4H.